The lowest BCUT2D eigenvalue weighted by molar-refractivity contribution is -0.120. The zero-order valence-electron chi connectivity index (χ0n) is 18.9. The highest BCUT2D eigenvalue weighted by atomic mass is 35.5. The van der Waals surface area contributed by atoms with Crippen molar-refractivity contribution in [2.75, 3.05) is 26.7 Å². The van der Waals surface area contributed by atoms with E-state index < -0.39 is 6.23 Å². The smallest absolute Gasteiger partial charge is 0.234 e. The summed E-state index contributed by atoms with van der Waals surface area (Å²) in [4.78, 5) is 29.0. The van der Waals surface area contributed by atoms with Gasteiger partial charge in [-0.1, -0.05) is 30.1 Å². The summed E-state index contributed by atoms with van der Waals surface area (Å²) in [7, 11) is 1.70. The number of ketones is 1. The van der Waals surface area contributed by atoms with Crippen LogP contribution in [0, 0.1) is 6.92 Å². The molecule has 1 amide bonds. The van der Waals surface area contributed by atoms with Crippen LogP contribution in [0.25, 0.3) is 5.65 Å². The van der Waals surface area contributed by atoms with Crippen molar-refractivity contribution >= 4 is 65.4 Å². The van der Waals surface area contributed by atoms with Crippen LogP contribution in [-0.4, -0.2) is 47.8 Å². The van der Waals surface area contributed by atoms with E-state index in [2.05, 4.69) is 20.9 Å². The number of fused-ring (bicyclic) bond motifs is 1. The number of carbonyl (C=O) groups is 2. The van der Waals surface area contributed by atoms with Crippen LogP contribution < -0.4 is 20.7 Å². The highest BCUT2D eigenvalue weighted by Gasteiger charge is 2.24. The van der Waals surface area contributed by atoms with Gasteiger partial charge in [-0.05, 0) is 44.8 Å². The number of ether oxygens (including phenoxy) is 1. The summed E-state index contributed by atoms with van der Waals surface area (Å²) in [5, 5.41) is 9.03. The number of Topliss-reactive ketones (excluding diaryl/α,β-unsaturated/α-hetero) is 1. The number of amides is 1. The van der Waals surface area contributed by atoms with Crippen LogP contribution in [0.2, 0.25) is 10.0 Å². The van der Waals surface area contributed by atoms with E-state index in [0.29, 0.717) is 28.5 Å². The van der Waals surface area contributed by atoms with Gasteiger partial charge in [0, 0.05) is 23.5 Å². The Balaban J connectivity index is 0.00000289. The van der Waals surface area contributed by atoms with Crippen LogP contribution in [-0.2, 0) is 4.79 Å². The molecule has 1 aromatic carbocycles. The molecule has 1 atom stereocenters. The minimum Gasteiger partial charge on any atom is -0.467 e. The summed E-state index contributed by atoms with van der Waals surface area (Å²) >= 11 is 13.0. The van der Waals surface area contributed by atoms with Gasteiger partial charge in [-0.25, -0.2) is 4.98 Å². The molecule has 34 heavy (non-hydrogen) atoms. The number of pyridine rings is 1. The first kappa shape index (κ1) is 30.0. The van der Waals surface area contributed by atoms with Gasteiger partial charge in [-0.15, -0.1) is 24.8 Å². The Kier molecular flexibility index (Phi) is 12.1. The molecule has 0 aliphatic rings. The number of halogens is 4. The molecule has 2 heterocycles. The van der Waals surface area contributed by atoms with Crippen LogP contribution in [0.15, 0.2) is 36.7 Å². The number of likely N-dealkylation sites (N-methyl/N-ethyl adjacent to an activating group) is 1. The van der Waals surface area contributed by atoms with E-state index in [1.165, 1.54) is 0 Å². The van der Waals surface area contributed by atoms with Crippen LogP contribution in [0.3, 0.4) is 0 Å². The molecule has 3 rings (SSSR count). The maximum atomic E-state index is 12.7. The molecule has 1 unspecified atom stereocenters. The van der Waals surface area contributed by atoms with Crippen molar-refractivity contribution in [1.82, 2.24) is 25.3 Å². The quantitative estimate of drug-likeness (QED) is 0.261. The Morgan fingerprint density at radius 1 is 1.18 bits per heavy atom. The van der Waals surface area contributed by atoms with E-state index in [4.69, 9.17) is 27.9 Å². The fourth-order valence-electron chi connectivity index (χ4n) is 3.19. The summed E-state index contributed by atoms with van der Waals surface area (Å²) in [5.41, 5.74) is 2.16. The Hall–Kier alpha value is -2.07. The zero-order valence-corrected chi connectivity index (χ0v) is 22.0. The molecule has 0 spiro atoms. The summed E-state index contributed by atoms with van der Waals surface area (Å²) in [6.07, 6.45) is 3.02. The van der Waals surface area contributed by atoms with Crippen molar-refractivity contribution in [2.24, 2.45) is 0 Å². The maximum absolute atomic E-state index is 12.7. The average molecular weight is 551 g/mol. The third-order valence-electron chi connectivity index (χ3n) is 4.75. The van der Waals surface area contributed by atoms with Crippen molar-refractivity contribution in [3.63, 3.8) is 0 Å². The molecule has 0 aliphatic carbocycles. The number of hydrogen-bond donors (Lipinski definition) is 3. The third-order valence-corrected chi connectivity index (χ3v) is 5.48. The molecule has 0 aliphatic heterocycles. The fraction of sp³-hybridized carbons (Fsp3) is 0.318. The first-order valence-corrected chi connectivity index (χ1v) is 10.9. The van der Waals surface area contributed by atoms with Crippen LogP contribution in [0.4, 0.5) is 0 Å². The lowest BCUT2D eigenvalue weighted by Gasteiger charge is -2.22. The van der Waals surface area contributed by atoms with Gasteiger partial charge >= 0.3 is 0 Å². The Bertz CT molecular complexity index is 1140. The lowest BCUT2D eigenvalue weighted by atomic mass is 10.1. The summed E-state index contributed by atoms with van der Waals surface area (Å²) in [6.45, 7) is 4.40. The summed E-state index contributed by atoms with van der Waals surface area (Å²) < 4.78 is 8.02. The van der Waals surface area contributed by atoms with E-state index in [9.17, 15) is 9.59 Å². The molecule has 12 heteroatoms. The Morgan fingerprint density at radius 3 is 2.59 bits per heavy atom. The van der Waals surface area contributed by atoms with Crippen molar-refractivity contribution in [3.05, 3.63) is 63.5 Å². The number of aryl methyl sites for hydroxylation is 1. The van der Waals surface area contributed by atoms with E-state index in [1.54, 1.807) is 25.2 Å². The molecule has 2 aromatic heterocycles. The van der Waals surface area contributed by atoms with Gasteiger partial charge in [0.2, 0.25) is 5.91 Å². The second kappa shape index (κ2) is 13.7. The maximum Gasteiger partial charge on any atom is 0.234 e. The monoisotopic (exact) mass is 549 g/mol. The number of rotatable bonds is 10. The molecule has 0 radical (unpaired) electrons. The molecular formula is C22H27Cl4N5O3. The van der Waals surface area contributed by atoms with Crippen molar-refractivity contribution in [3.8, 4) is 5.75 Å². The standard InChI is InChI=1S/C22H25Cl2N5O3.2ClH/c1-4-26-11-18(31)27-10-16(30)14-7-8-15(23)19(20(14)24)22(25-3)32-17-6-5-9-29-12-13(2)28-21(17)29;;/h5-9,12,22,25-26H,4,10-11H2,1-3H3,(H,27,31);2*1H. The minimum absolute atomic E-state index is 0. The highest BCUT2D eigenvalue weighted by Crippen LogP contribution is 2.35. The van der Waals surface area contributed by atoms with Crippen molar-refractivity contribution in [2.45, 2.75) is 20.1 Å². The molecule has 0 saturated carbocycles. The third kappa shape index (κ3) is 6.97. The largest absolute Gasteiger partial charge is 0.467 e. The predicted octanol–water partition coefficient (Wildman–Crippen LogP) is 4.00. The molecule has 8 nitrogen and oxygen atoms in total. The van der Waals surface area contributed by atoms with Crippen molar-refractivity contribution < 1.29 is 14.3 Å². The van der Waals surface area contributed by atoms with E-state index >= 15 is 0 Å². The highest BCUT2D eigenvalue weighted by molar-refractivity contribution is 6.38. The van der Waals surface area contributed by atoms with Gasteiger partial charge < -0.3 is 19.8 Å². The van der Waals surface area contributed by atoms with Crippen LogP contribution in [0.1, 0.15) is 34.8 Å². The number of benzene rings is 1. The Labute approximate surface area is 220 Å². The number of hydrogen-bond acceptors (Lipinski definition) is 6. The fourth-order valence-corrected chi connectivity index (χ4v) is 3.87. The van der Waals surface area contributed by atoms with Gasteiger partial charge in [-0.2, -0.15) is 0 Å². The number of nitrogens with zero attached hydrogens (tertiary/aromatic N) is 2. The SMILES string of the molecule is CCNCC(=O)NCC(=O)c1ccc(Cl)c(C(NC)Oc2cccn3cc(C)nc23)c1Cl.Cl.Cl. The second-order valence-corrected chi connectivity index (χ2v) is 7.86. The second-order valence-electron chi connectivity index (χ2n) is 7.08. The normalized spacial score (nSPS) is 11.3. The molecule has 0 bridgehead atoms. The van der Waals surface area contributed by atoms with Crippen molar-refractivity contribution in [1.29, 1.82) is 0 Å². The van der Waals surface area contributed by atoms with Gasteiger partial charge in [0.05, 0.1) is 28.8 Å². The molecule has 0 saturated heterocycles. The van der Waals surface area contributed by atoms with E-state index in [1.807, 2.05) is 36.7 Å². The number of imidazole rings is 1. The summed E-state index contributed by atoms with van der Waals surface area (Å²) in [6, 6.07) is 6.76. The molecule has 0 fully saturated rings. The van der Waals surface area contributed by atoms with Gasteiger partial charge in [0.15, 0.2) is 23.4 Å². The number of carbonyl (C=O) groups excluding carboxylic acids is 2. The first-order valence-electron chi connectivity index (χ1n) is 10.1. The topological polar surface area (TPSA) is 96.8 Å². The van der Waals surface area contributed by atoms with Gasteiger partial charge in [-0.3, -0.25) is 14.9 Å². The van der Waals surface area contributed by atoms with E-state index in [-0.39, 0.29) is 60.2 Å². The minimum atomic E-state index is -0.741. The number of nitrogens with one attached hydrogen (secondary N) is 3. The molecule has 3 N–H and O–H groups in total. The zero-order chi connectivity index (χ0) is 23.3. The number of aromatic nitrogens is 2. The van der Waals surface area contributed by atoms with E-state index in [0.717, 1.165) is 5.69 Å². The molecule has 3 aromatic rings. The summed E-state index contributed by atoms with van der Waals surface area (Å²) in [5.74, 6) is -0.0804. The molecule has 186 valence electrons. The van der Waals surface area contributed by atoms with Crippen LogP contribution in [0.5, 0.6) is 5.75 Å². The van der Waals surface area contributed by atoms with Crippen LogP contribution >= 0.6 is 48.0 Å². The predicted molar refractivity (Wildman–Crippen MR) is 139 cm³/mol. The molecular weight excluding hydrogens is 524 g/mol. The lowest BCUT2D eigenvalue weighted by Crippen LogP contribution is -2.36. The average Bonchev–Trinajstić information content (AvgIpc) is 3.16. The first-order chi connectivity index (χ1) is 15.3. The Morgan fingerprint density at radius 2 is 1.91 bits per heavy atom. The van der Waals surface area contributed by atoms with Gasteiger partial charge in [0.25, 0.3) is 0 Å². The van der Waals surface area contributed by atoms with Gasteiger partial charge in [0.1, 0.15) is 0 Å².